The number of carbonyl (C=O) groups is 1. The van der Waals surface area contributed by atoms with Crippen LogP contribution >= 0.6 is 15.9 Å². The normalized spacial score (nSPS) is 11.3. The van der Waals surface area contributed by atoms with E-state index in [0.717, 1.165) is 16.1 Å². The highest BCUT2D eigenvalue weighted by atomic mass is 79.9. The minimum Gasteiger partial charge on any atom is -0.488 e. The molecule has 0 heterocycles. The number of para-hydroxylation sites is 1. The highest BCUT2D eigenvalue weighted by Gasteiger charge is 2.20. The van der Waals surface area contributed by atoms with Crippen LogP contribution in [0.5, 0.6) is 5.75 Å². The Kier molecular flexibility index (Phi) is 8.02. The fraction of sp³-hybridized carbons (Fsp3) is 0.130. The van der Waals surface area contributed by atoms with E-state index < -0.39 is 22.5 Å². The molecule has 32 heavy (non-hydrogen) atoms. The summed E-state index contributed by atoms with van der Waals surface area (Å²) in [6, 6.07) is 23.7. The largest absolute Gasteiger partial charge is 0.488 e. The lowest BCUT2D eigenvalue weighted by atomic mass is 10.2. The lowest BCUT2D eigenvalue weighted by molar-refractivity contribution is -0.119. The number of nitrogens with zero attached hydrogens (tertiary/aromatic N) is 2. The molecular weight excluding hydrogens is 494 g/mol. The van der Waals surface area contributed by atoms with Crippen LogP contribution in [-0.4, -0.2) is 33.3 Å². The van der Waals surface area contributed by atoms with Crippen LogP contribution in [-0.2, 0) is 21.4 Å². The number of hydrogen-bond donors (Lipinski definition) is 1. The van der Waals surface area contributed by atoms with Crippen molar-refractivity contribution in [2.24, 2.45) is 5.10 Å². The maximum Gasteiger partial charge on any atom is 0.260 e. The van der Waals surface area contributed by atoms with E-state index >= 15 is 0 Å². The van der Waals surface area contributed by atoms with Gasteiger partial charge in [-0.3, -0.25) is 9.10 Å². The number of benzene rings is 3. The Morgan fingerprint density at radius 2 is 1.78 bits per heavy atom. The fourth-order valence-electron chi connectivity index (χ4n) is 2.82. The highest BCUT2D eigenvalue weighted by Crippen LogP contribution is 2.22. The molecule has 3 aromatic carbocycles. The summed E-state index contributed by atoms with van der Waals surface area (Å²) in [5.74, 6) is 0.0376. The molecule has 7 nitrogen and oxygen atoms in total. The van der Waals surface area contributed by atoms with Crippen molar-refractivity contribution in [3.8, 4) is 5.75 Å². The van der Waals surface area contributed by atoms with Gasteiger partial charge < -0.3 is 4.74 Å². The van der Waals surface area contributed by atoms with Crippen molar-refractivity contribution in [2.45, 2.75) is 6.61 Å². The topological polar surface area (TPSA) is 88.1 Å². The lowest BCUT2D eigenvalue weighted by Crippen LogP contribution is -2.39. The standard InChI is InChI=1S/C23H22BrN3O4S/c1-32(29,30)27(21-12-7-11-20(24)14-21)16-23(28)26-25-15-19-10-5-6-13-22(19)31-17-18-8-3-2-4-9-18/h2-15H,16-17H2,1H3,(H,26,28)/b25-15-. The molecule has 0 fully saturated rings. The van der Waals surface area contributed by atoms with Gasteiger partial charge in [-0.25, -0.2) is 13.8 Å². The molecule has 3 rings (SSSR count). The maximum absolute atomic E-state index is 12.4. The third kappa shape index (κ3) is 6.93. The second-order valence-electron chi connectivity index (χ2n) is 6.85. The van der Waals surface area contributed by atoms with Crippen molar-refractivity contribution < 1.29 is 17.9 Å². The van der Waals surface area contributed by atoms with Gasteiger partial charge in [-0.2, -0.15) is 5.10 Å². The summed E-state index contributed by atoms with van der Waals surface area (Å²) in [6.07, 6.45) is 2.51. The second kappa shape index (κ2) is 10.9. The van der Waals surface area contributed by atoms with E-state index in [0.29, 0.717) is 28.1 Å². The van der Waals surface area contributed by atoms with Gasteiger partial charge in [0.1, 0.15) is 18.9 Å². The first-order valence-corrected chi connectivity index (χ1v) is 12.3. The molecule has 0 aliphatic carbocycles. The van der Waals surface area contributed by atoms with Crippen LogP contribution in [0.2, 0.25) is 0 Å². The van der Waals surface area contributed by atoms with E-state index in [9.17, 15) is 13.2 Å². The van der Waals surface area contributed by atoms with Crippen LogP contribution in [0.4, 0.5) is 5.69 Å². The third-order valence-electron chi connectivity index (χ3n) is 4.33. The Bertz CT molecular complexity index is 1200. The van der Waals surface area contributed by atoms with Gasteiger partial charge in [0.15, 0.2) is 0 Å². The summed E-state index contributed by atoms with van der Waals surface area (Å²) in [5, 5.41) is 3.97. The number of ether oxygens (including phenoxy) is 1. The smallest absolute Gasteiger partial charge is 0.260 e. The predicted molar refractivity (Wildman–Crippen MR) is 129 cm³/mol. The summed E-state index contributed by atoms with van der Waals surface area (Å²) >= 11 is 3.31. The zero-order chi connectivity index (χ0) is 23.0. The predicted octanol–water partition coefficient (Wildman–Crippen LogP) is 3.94. The first-order chi connectivity index (χ1) is 15.3. The summed E-state index contributed by atoms with van der Waals surface area (Å²) in [7, 11) is -3.67. The summed E-state index contributed by atoms with van der Waals surface area (Å²) in [4.78, 5) is 12.4. The monoisotopic (exact) mass is 515 g/mol. The van der Waals surface area contributed by atoms with E-state index in [-0.39, 0.29) is 0 Å². The molecule has 3 aromatic rings. The van der Waals surface area contributed by atoms with Crippen LogP contribution in [0.1, 0.15) is 11.1 Å². The quantitative estimate of drug-likeness (QED) is 0.345. The van der Waals surface area contributed by atoms with Crippen molar-refractivity contribution in [1.82, 2.24) is 5.43 Å². The molecule has 0 saturated carbocycles. The van der Waals surface area contributed by atoms with Crippen LogP contribution in [0.15, 0.2) is 88.4 Å². The SMILES string of the molecule is CS(=O)(=O)N(CC(=O)N/N=C\c1ccccc1OCc1ccccc1)c1cccc(Br)c1. The van der Waals surface area contributed by atoms with Gasteiger partial charge in [-0.05, 0) is 35.9 Å². The Labute approximate surface area is 195 Å². The molecule has 0 aromatic heterocycles. The molecule has 0 bridgehead atoms. The van der Waals surface area contributed by atoms with Crippen molar-refractivity contribution >= 4 is 43.8 Å². The van der Waals surface area contributed by atoms with Gasteiger partial charge >= 0.3 is 0 Å². The number of rotatable bonds is 9. The van der Waals surface area contributed by atoms with Crippen LogP contribution < -0.4 is 14.5 Å². The van der Waals surface area contributed by atoms with Crippen molar-refractivity contribution in [1.29, 1.82) is 0 Å². The molecule has 0 radical (unpaired) electrons. The van der Waals surface area contributed by atoms with Crippen molar-refractivity contribution in [2.75, 3.05) is 17.1 Å². The first kappa shape index (κ1) is 23.5. The average molecular weight is 516 g/mol. The molecule has 0 spiro atoms. The van der Waals surface area contributed by atoms with E-state index in [4.69, 9.17) is 4.74 Å². The highest BCUT2D eigenvalue weighted by molar-refractivity contribution is 9.10. The van der Waals surface area contributed by atoms with Crippen molar-refractivity contribution in [3.63, 3.8) is 0 Å². The minimum atomic E-state index is -3.67. The Morgan fingerprint density at radius 1 is 1.06 bits per heavy atom. The molecule has 1 amide bonds. The number of nitrogens with one attached hydrogen (secondary N) is 1. The molecular formula is C23H22BrN3O4S. The maximum atomic E-state index is 12.4. The summed E-state index contributed by atoms with van der Waals surface area (Å²) < 4.78 is 31.9. The average Bonchev–Trinajstić information content (AvgIpc) is 2.77. The number of hydrazone groups is 1. The zero-order valence-corrected chi connectivity index (χ0v) is 19.7. The Morgan fingerprint density at radius 3 is 2.50 bits per heavy atom. The van der Waals surface area contributed by atoms with E-state index in [2.05, 4.69) is 26.5 Å². The molecule has 0 aliphatic rings. The number of halogens is 1. The van der Waals surface area contributed by atoms with Gasteiger partial charge in [0, 0.05) is 10.0 Å². The Hall–Kier alpha value is -3.17. The zero-order valence-electron chi connectivity index (χ0n) is 17.3. The van der Waals surface area contributed by atoms with Gasteiger partial charge in [-0.15, -0.1) is 0 Å². The molecule has 0 aliphatic heterocycles. The molecule has 1 N–H and O–H groups in total. The molecule has 0 saturated heterocycles. The fourth-order valence-corrected chi connectivity index (χ4v) is 4.06. The number of hydrogen-bond acceptors (Lipinski definition) is 5. The molecule has 9 heteroatoms. The number of carbonyl (C=O) groups excluding carboxylic acids is 1. The lowest BCUT2D eigenvalue weighted by Gasteiger charge is -2.21. The van der Waals surface area contributed by atoms with E-state index in [1.807, 2.05) is 48.5 Å². The number of sulfonamides is 1. The van der Waals surface area contributed by atoms with Crippen LogP contribution in [0.3, 0.4) is 0 Å². The Balaban J connectivity index is 1.64. The summed E-state index contributed by atoms with van der Waals surface area (Å²) in [6.45, 7) is -0.00715. The molecule has 0 atom stereocenters. The number of amides is 1. The van der Waals surface area contributed by atoms with Gasteiger partial charge in [0.05, 0.1) is 18.2 Å². The van der Waals surface area contributed by atoms with E-state index in [1.165, 1.54) is 6.21 Å². The number of anilines is 1. The van der Waals surface area contributed by atoms with Crippen LogP contribution in [0, 0.1) is 0 Å². The van der Waals surface area contributed by atoms with Crippen LogP contribution in [0.25, 0.3) is 0 Å². The first-order valence-electron chi connectivity index (χ1n) is 9.64. The summed E-state index contributed by atoms with van der Waals surface area (Å²) in [5.41, 5.74) is 4.46. The minimum absolute atomic E-state index is 0.376. The third-order valence-corrected chi connectivity index (χ3v) is 5.97. The van der Waals surface area contributed by atoms with E-state index in [1.54, 1.807) is 30.3 Å². The van der Waals surface area contributed by atoms with Gasteiger partial charge in [-0.1, -0.05) is 64.5 Å². The second-order valence-corrected chi connectivity index (χ2v) is 9.68. The molecule has 0 unspecified atom stereocenters. The molecule has 166 valence electrons. The van der Waals surface area contributed by atoms with Gasteiger partial charge in [0.25, 0.3) is 5.91 Å². The van der Waals surface area contributed by atoms with Gasteiger partial charge in [0.2, 0.25) is 10.0 Å². The van der Waals surface area contributed by atoms with Crippen molar-refractivity contribution in [3.05, 3.63) is 94.5 Å².